The first-order valence-corrected chi connectivity index (χ1v) is 6.22. The van der Waals surface area contributed by atoms with Crippen molar-refractivity contribution in [3.05, 3.63) is 12.2 Å². The summed E-state index contributed by atoms with van der Waals surface area (Å²) in [5.41, 5.74) is 0.289. The summed E-state index contributed by atoms with van der Waals surface area (Å²) in [6.45, 7) is 7.39. The van der Waals surface area contributed by atoms with Crippen LogP contribution in [0.4, 0.5) is 0 Å². The summed E-state index contributed by atoms with van der Waals surface area (Å²) in [6, 6.07) is 0. The van der Waals surface area contributed by atoms with Gasteiger partial charge in [-0.3, -0.25) is 0 Å². The highest BCUT2D eigenvalue weighted by Gasteiger charge is 2.34. The Hall–Kier alpha value is -0.440. The predicted molar refractivity (Wildman–Crippen MR) is 60.5 cm³/mol. The Labute approximate surface area is 90.1 Å². The van der Waals surface area contributed by atoms with Crippen LogP contribution in [-0.4, -0.2) is 23.1 Å². The maximum absolute atomic E-state index is 11.4. The van der Waals surface area contributed by atoms with E-state index in [0.29, 0.717) is 5.57 Å². The third kappa shape index (κ3) is 2.77. The van der Waals surface area contributed by atoms with Gasteiger partial charge in [0.2, 0.25) is 0 Å². The van der Waals surface area contributed by atoms with Gasteiger partial charge < -0.3 is 4.74 Å². The molecule has 3 heteroatoms. The molecule has 0 atom stereocenters. The van der Waals surface area contributed by atoms with Crippen molar-refractivity contribution in [2.24, 2.45) is 0 Å². The number of hydrogen-bond acceptors (Lipinski definition) is 3. The molecule has 0 unspecified atom stereocenters. The van der Waals surface area contributed by atoms with E-state index in [1.807, 2.05) is 11.8 Å². The summed E-state index contributed by atoms with van der Waals surface area (Å²) in [5, 5.41) is 0. The Morgan fingerprint density at radius 2 is 2.07 bits per heavy atom. The van der Waals surface area contributed by atoms with Crippen LogP contribution in [0.2, 0.25) is 0 Å². The lowest BCUT2D eigenvalue weighted by Gasteiger charge is -2.35. The maximum atomic E-state index is 11.4. The molecule has 0 aromatic heterocycles. The lowest BCUT2D eigenvalue weighted by Crippen LogP contribution is -2.38. The SMILES string of the molecule is C=C(C)C(=O)OC1(CC)CCSCC1. The second-order valence-corrected chi connectivity index (χ2v) is 5.04. The van der Waals surface area contributed by atoms with Crippen LogP contribution in [0.3, 0.4) is 0 Å². The molecule has 0 spiro atoms. The van der Waals surface area contributed by atoms with Gasteiger partial charge in [-0.2, -0.15) is 11.8 Å². The minimum absolute atomic E-state index is 0.207. The third-order valence-corrected chi connectivity index (χ3v) is 3.69. The Kier molecular flexibility index (Phi) is 4.05. The Morgan fingerprint density at radius 3 is 2.50 bits per heavy atom. The van der Waals surface area contributed by atoms with Crippen LogP contribution in [0.5, 0.6) is 0 Å². The molecule has 0 aromatic rings. The van der Waals surface area contributed by atoms with E-state index >= 15 is 0 Å². The van der Waals surface area contributed by atoms with Gasteiger partial charge in [0.1, 0.15) is 5.60 Å². The second kappa shape index (κ2) is 4.87. The van der Waals surface area contributed by atoms with Crippen LogP contribution >= 0.6 is 11.8 Å². The van der Waals surface area contributed by atoms with Crippen molar-refractivity contribution in [2.45, 2.75) is 38.7 Å². The van der Waals surface area contributed by atoms with Crippen molar-refractivity contribution >= 4 is 17.7 Å². The number of thioether (sulfide) groups is 1. The van der Waals surface area contributed by atoms with E-state index in [-0.39, 0.29) is 11.6 Å². The highest BCUT2D eigenvalue weighted by atomic mass is 32.2. The molecular weight excluding hydrogens is 196 g/mol. The maximum Gasteiger partial charge on any atom is 0.333 e. The van der Waals surface area contributed by atoms with Gasteiger partial charge in [0.25, 0.3) is 0 Å². The highest BCUT2D eigenvalue weighted by molar-refractivity contribution is 7.99. The van der Waals surface area contributed by atoms with E-state index in [1.165, 1.54) is 0 Å². The second-order valence-electron chi connectivity index (χ2n) is 3.82. The van der Waals surface area contributed by atoms with Crippen molar-refractivity contribution in [1.29, 1.82) is 0 Å². The van der Waals surface area contributed by atoms with Crippen LogP contribution in [0.25, 0.3) is 0 Å². The molecular formula is C11H18O2S. The molecule has 1 aliphatic rings. The van der Waals surface area contributed by atoms with E-state index in [1.54, 1.807) is 6.92 Å². The van der Waals surface area contributed by atoms with Gasteiger partial charge in [0, 0.05) is 5.57 Å². The monoisotopic (exact) mass is 214 g/mol. The van der Waals surface area contributed by atoms with Gasteiger partial charge in [-0.25, -0.2) is 4.79 Å². The van der Waals surface area contributed by atoms with Gasteiger partial charge in [0.15, 0.2) is 0 Å². The zero-order chi connectivity index (χ0) is 10.6. The lowest BCUT2D eigenvalue weighted by molar-refractivity contribution is -0.156. The lowest BCUT2D eigenvalue weighted by atomic mass is 9.93. The fourth-order valence-electron chi connectivity index (χ4n) is 1.55. The Bertz CT molecular complexity index is 229. The molecule has 1 heterocycles. The molecule has 1 fully saturated rings. The summed E-state index contributed by atoms with van der Waals surface area (Å²) in [4.78, 5) is 11.4. The van der Waals surface area contributed by atoms with E-state index < -0.39 is 0 Å². The molecule has 0 bridgehead atoms. The summed E-state index contributed by atoms with van der Waals surface area (Å²) >= 11 is 1.93. The molecule has 80 valence electrons. The molecule has 1 rings (SSSR count). The topological polar surface area (TPSA) is 26.3 Å². The average molecular weight is 214 g/mol. The van der Waals surface area contributed by atoms with Crippen molar-refractivity contribution in [2.75, 3.05) is 11.5 Å². The van der Waals surface area contributed by atoms with Crippen LogP contribution in [0.15, 0.2) is 12.2 Å². The van der Waals surface area contributed by atoms with E-state index in [2.05, 4.69) is 13.5 Å². The first-order valence-electron chi connectivity index (χ1n) is 5.06. The zero-order valence-corrected chi connectivity index (χ0v) is 9.78. The number of carbonyl (C=O) groups excluding carboxylic acids is 1. The Balaban J connectivity index is 2.60. The fraction of sp³-hybridized carbons (Fsp3) is 0.727. The molecule has 1 aliphatic heterocycles. The number of rotatable bonds is 3. The fourth-order valence-corrected chi connectivity index (χ4v) is 2.79. The van der Waals surface area contributed by atoms with Crippen molar-refractivity contribution in [1.82, 2.24) is 0 Å². The molecule has 0 saturated carbocycles. The molecule has 2 nitrogen and oxygen atoms in total. The number of carbonyl (C=O) groups is 1. The molecule has 0 aliphatic carbocycles. The van der Waals surface area contributed by atoms with Gasteiger partial charge >= 0.3 is 5.97 Å². The average Bonchev–Trinajstić information content (AvgIpc) is 2.19. The van der Waals surface area contributed by atoms with E-state index in [9.17, 15) is 4.79 Å². The summed E-state index contributed by atoms with van der Waals surface area (Å²) in [7, 11) is 0. The van der Waals surface area contributed by atoms with Crippen molar-refractivity contribution < 1.29 is 9.53 Å². The quantitative estimate of drug-likeness (QED) is 0.534. The highest BCUT2D eigenvalue weighted by Crippen LogP contribution is 2.33. The first-order chi connectivity index (χ1) is 6.59. The minimum Gasteiger partial charge on any atom is -0.456 e. The molecule has 0 radical (unpaired) electrons. The van der Waals surface area contributed by atoms with E-state index in [4.69, 9.17) is 4.74 Å². The Morgan fingerprint density at radius 1 is 1.50 bits per heavy atom. The first kappa shape index (κ1) is 11.6. The predicted octanol–water partition coefficient (Wildman–Crippen LogP) is 2.78. The van der Waals surface area contributed by atoms with E-state index in [0.717, 1.165) is 30.8 Å². The van der Waals surface area contributed by atoms with Gasteiger partial charge in [0.05, 0.1) is 0 Å². The van der Waals surface area contributed by atoms with Crippen LogP contribution in [-0.2, 0) is 9.53 Å². The summed E-state index contributed by atoms with van der Waals surface area (Å²) in [6.07, 6.45) is 2.87. The zero-order valence-electron chi connectivity index (χ0n) is 8.97. The molecule has 0 N–H and O–H groups in total. The standard InChI is InChI=1S/C11H18O2S/c1-4-11(5-7-14-8-6-11)13-10(12)9(2)3/h2,4-8H2,1,3H3. The smallest absolute Gasteiger partial charge is 0.333 e. The largest absolute Gasteiger partial charge is 0.456 e. The van der Waals surface area contributed by atoms with Gasteiger partial charge in [-0.15, -0.1) is 0 Å². The van der Waals surface area contributed by atoms with Crippen molar-refractivity contribution in [3.63, 3.8) is 0 Å². The third-order valence-electron chi connectivity index (χ3n) is 2.71. The van der Waals surface area contributed by atoms with Crippen molar-refractivity contribution in [3.8, 4) is 0 Å². The minimum atomic E-state index is -0.237. The van der Waals surface area contributed by atoms with Gasteiger partial charge in [-0.1, -0.05) is 13.5 Å². The number of esters is 1. The van der Waals surface area contributed by atoms with Crippen LogP contribution < -0.4 is 0 Å². The normalized spacial score (nSPS) is 20.1. The van der Waals surface area contributed by atoms with Crippen LogP contribution in [0.1, 0.15) is 33.1 Å². The number of ether oxygens (including phenoxy) is 1. The number of hydrogen-bond donors (Lipinski definition) is 0. The molecule has 14 heavy (non-hydrogen) atoms. The molecule has 0 aromatic carbocycles. The molecule has 0 amide bonds. The van der Waals surface area contributed by atoms with Gasteiger partial charge in [-0.05, 0) is 37.7 Å². The summed E-state index contributed by atoms with van der Waals surface area (Å²) in [5.74, 6) is 1.95. The van der Waals surface area contributed by atoms with Crippen LogP contribution in [0, 0.1) is 0 Å². The molecule has 1 saturated heterocycles. The summed E-state index contributed by atoms with van der Waals surface area (Å²) < 4.78 is 5.54.